The smallest absolute Gasteiger partial charge is 0.310 e. The highest BCUT2D eigenvalue weighted by molar-refractivity contribution is 5.99. The summed E-state index contributed by atoms with van der Waals surface area (Å²) in [6.45, 7) is 4.06. The number of carboxylic acid groups (broad SMARTS) is 1. The van der Waals surface area contributed by atoms with Crippen LogP contribution in [0.5, 0.6) is 0 Å². The van der Waals surface area contributed by atoms with E-state index in [0.717, 1.165) is 37.7 Å². The van der Waals surface area contributed by atoms with Crippen molar-refractivity contribution >= 4 is 11.8 Å². The fourth-order valence-corrected chi connectivity index (χ4v) is 3.80. The second-order valence-electron chi connectivity index (χ2n) is 6.66. The molecule has 1 N–H and O–H groups in total. The highest BCUT2D eigenvalue weighted by Crippen LogP contribution is 2.47. The molecule has 0 spiro atoms. The lowest BCUT2D eigenvalue weighted by Crippen LogP contribution is -2.43. The second kappa shape index (κ2) is 7.08. The maximum Gasteiger partial charge on any atom is 0.310 e. The molecule has 1 aromatic carbocycles. The van der Waals surface area contributed by atoms with E-state index >= 15 is 0 Å². The van der Waals surface area contributed by atoms with Crippen LogP contribution in [0.1, 0.15) is 67.8 Å². The molecule has 120 valence electrons. The Morgan fingerprint density at radius 2 is 1.91 bits per heavy atom. The number of carbonyl (C=O) groups excluding carboxylic acids is 1. The van der Waals surface area contributed by atoms with Crippen LogP contribution in [0, 0.1) is 18.3 Å². The third-order valence-corrected chi connectivity index (χ3v) is 5.12. The predicted octanol–water partition coefficient (Wildman–Crippen LogP) is 4.63. The lowest BCUT2D eigenvalue weighted by molar-refractivity contribution is -0.155. The maximum atomic E-state index is 12.6. The van der Waals surface area contributed by atoms with Crippen molar-refractivity contribution in [2.24, 2.45) is 11.3 Å². The Kier molecular flexibility index (Phi) is 5.38. The number of Topliss-reactive ketones (excluding diaryl/α,β-unsaturated/α-hetero) is 1. The Hall–Kier alpha value is -1.64. The van der Waals surface area contributed by atoms with E-state index in [1.54, 1.807) is 0 Å². The molecule has 0 bridgehead atoms. The number of hydrogen-bond acceptors (Lipinski definition) is 2. The van der Waals surface area contributed by atoms with Gasteiger partial charge in [0.2, 0.25) is 0 Å². The topological polar surface area (TPSA) is 54.4 Å². The van der Waals surface area contributed by atoms with Gasteiger partial charge in [-0.05, 0) is 32.1 Å². The van der Waals surface area contributed by atoms with Crippen molar-refractivity contribution < 1.29 is 14.7 Å². The number of aliphatic carboxylic acids is 1. The van der Waals surface area contributed by atoms with Crippen molar-refractivity contribution in [3.63, 3.8) is 0 Å². The van der Waals surface area contributed by atoms with Crippen LogP contribution in [0.15, 0.2) is 24.3 Å². The summed E-state index contributed by atoms with van der Waals surface area (Å²) in [6, 6.07) is 7.44. The minimum atomic E-state index is -0.865. The van der Waals surface area contributed by atoms with Crippen molar-refractivity contribution in [1.82, 2.24) is 0 Å². The molecule has 1 aliphatic rings. The normalized spacial score (nSPS) is 24.9. The van der Waals surface area contributed by atoms with Crippen LogP contribution in [0.3, 0.4) is 0 Å². The molecule has 1 aromatic rings. The summed E-state index contributed by atoms with van der Waals surface area (Å²) < 4.78 is 0. The highest BCUT2D eigenvalue weighted by Gasteiger charge is 2.47. The first-order chi connectivity index (χ1) is 10.5. The number of carboxylic acids is 1. The van der Waals surface area contributed by atoms with E-state index < -0.39 is 11.4 Å². The molecular weight excluding hydrogens is 276 g/mol. The van der Waals surface area contributed by atoms with Gasteiger partial charge in [0.15, 0.2) is 5.78 Å². The summed E-state index contributed by atoms with van der Waals surface area (Å²) in [7, 11) is 0. The summed E-state index contributed by atoms with van der Waals surface area (Å²) in [5.41, 5.74) is 0.869. The fourth-order valence-electron chi connectivity index (χ4n) is 3.80. The Morgan fingerprint density at radius 3 is 2.50 bits per heavy atom. The molecule has 3 heteroatoms. The van der Waals surface area contributed by atoms with Gasteiger partial charge in [0.25, 0.3) is 0 Å². The minimum Gasteiger partial charge on any atom is -0.481 e. The van der Waals surface area contributed by atoms with E-state index in [9.17, 15) is 14.7 Å². The summed E-state index contributed by atoms with van der Waals surface area (Å²) in [5.74, 6) is -0.699. The summed E-state index contributed by atoms with van der Waals surface area (Å²) in [6.07, 6.45) is 5.56. The molecule has 22 heavy (non-hydrogen) atoms. The van der Waals surface area contributed by atoms with E-state index in [1.807, 2.05) is 31.2 Å². The summed E-state index contributed by atoms with van der Waals surface area (Å²) in [5, 5.41) is 9.87. The van der Waals surface area contributed by atoms with Crippen LogP contribution in [-0.4, -0.2) is 16.9 Å². The molecule has 1 saturated carbocycles. The van der Waals surface area contributed by atoms with E-state index in [4.69, 9.17) is 0 Å². The monoisotopic (exact) mass is 302 g/mol. The summed E-state index contributed by atoms with van der Waals surface area (Å²) in [4.78, 5) is 24.7. The highest BCUT2D eigenvalue weighted by atomic mass is 16.4. The van der Waals surface area contributed by atoms with E-state index in [2.05, 4.69) is 6.92 Å². The quantitative estimate of drug-likeness (QED) is 0.779. The third-order valence-electron chi connectivity index (χ3n) is 5.12. The zero-order valence-corrected chi connectivity index (χ0v) is 13.6. The van der Waals surface area contributed by atoms with Crippen LogP contribution >= 0.6 is 0 Å². The molecular formula is C19H26O3. The zero-order valence-electron chi connectivity index (χ0n) is 13.6. The minimum absolute atomic E-state index is 0.0367. The first-order valence-electron chi connectivity index (χ1n) is 8.33. The fraction of sp³-hybridized carbons (Fsp3) is 0.579. The van der Waals surface area contributed by atoms with Gasteiger partial charge in [0, 0.05) is 12.0 Å². The van der Waals surface area contributed by atoms with E-state index in [0.29, 0.717) is 12.0 Å². The largest absolute Gasteiger partial charge is 0.481 e. The van der Waals surface area contributed by atoms with Gasteiger partial charge in [-0.25, -0.2) is 0 Å². The van der Waals surface area contributed by atoms with Crippen LogP contribution in [0.25, 0.3) is 0 Å². The lowest BCUT2D eigenvalue weighted by atomic mass is 9.62. The number of carbonyl (C=O) groups is 2. The zero-order chi connectivity index (χ0) is 16.2. The molecule has 0 saturated heterocycles. The number of ketones is 1. The molecule has 2 rings (SSSR count). The summed E-state index contributed by atoms with van der Waals surface area (Å²) >= 11 is 0. The first-order valence-corrected chi connectivity index (χ1v) is 8.33. The molecule has 0 aliphatic heterocycles. The van der Waals surface area contributed by atoms with Gasteiger partial charge in [-0.3, -0.25) is 9.59 Å². The van der Waals surface area contributed by atoms with E-state index in [-0.39, 0.29) is 18.1 Å². The first kappa shape index (κ1) is 16.7. The van der Waals surface area contributed by atoms with Gasteiger partial charge >= 0.3 is 5.97 Å². The van der Waals surface area contributed by atoms with Crippen molar-refractivity contribution in [2.45, 2.75) is 58.8 Å². The van der Waals surface area contributed by atoms with Crippen molar-refractivity contribution in [1.29, 1.82) is 0 Å². The molecule has 1 aliphatic carbocycles. The lowest BCUT2D eigenvalue weighted by Gasteiger charge is -2.40. The van der Waals surface area contributed by atoms with Crippen LogP contribution in [-0.2, 0) is 4.79 Å². The predicted molar refractivity (Wildman–Crippen MR) is 87.1 cm³/mol. The van der Waals surface area contributed by atoms with Crippen molar-refractivity contribution in [3.8, 4) is 0 Å². The maximum absolute atomic E-state index is 12.6. The van der Waals surface area contributed by atoms with Gasteiger partial charge in [-0.1, -0.05) is 56.0 Å². The standard InChI is InChI=1S/C19H26O3/c1-3-6-16-7-4-5-12-19(16,18(21)22)13-17(20)15-10-8-14(2)9-11-15/h8-11,16H,3-7,12-13H2,1-2H3,(H,21,22). The Labute approximate surface area is 132 Å². The van der Waals surface area contributed by atoms with Crippen molar-refractivity contribution in [3.05, 3.63) is 35.4 Å². The Bertz CT molecular complexity index is 530. The molecule has 0 amide bonds. The van der Waals surface area contributed by atoms with Crippen LogP contribution < -0.4 is 0 Å². The average Bonchev–Trinajstić information content (AvgIpc) is 2.50. The van der Waals surface area contributed by atoms with Gasteiger partial charge < -0.3 is 5.11 Å². The van der Waals surface area contributed by atoms with Gasteiger partial charge in [0.1, 0.15) is 0 Å². The molecule has 0 heterocycles. The third kappa shape index (κ3) is 3.40. The Morgan fingerprint density at radius 1 is 1.23 bits per heavy atom. The van der Waals surface area contributed by atoms with Crippen molar-refractivity contribution in [2.75, 3.05) is 0 Å². The second-order valence-corrected chi connectivity index (χ2v) is 6.66. The number of aryl methyl sites for hydroxylation is 1. The van der Waals surface area contributed by atoms with Crippen LogP contribution in [0.4, 0.5) is 0 Å². The van der Waals surface area contributed by atoms with Gasteiger partial charge in [-0.2, -0.15) is 0 Å². The molecule has 3 nitrogen and oxygen atoms in total. The van der Waals surface area contributed by atoms with E-state index in [1.165, 1.54) is 0 Å². The number of rotatable bonds is 6. The number of benzene rings is 1. The molecule has 0 aromatic heterocycles. The SMILES string of the molecule is CCCC1CCCCC1(CC(=O)c1ccc(C)cc1)C(=O)O. The van der Waals surface area contributed by atoms with Gasteiger partial charge in [0.05, 0.1) is 5.41 Å². The molecule has 2 atom stereocenters. The van der Waals surface area contributed by atoms with Crippen LogP contribution in [0.2, 0.25) is 0 Å². The van der Waals surface area contributed by atoms with Gasteiger partial charge in [-0.15, -0.1) is 0 Å². The molecule has 0 radical (unpaired) electrons. The molecule has 2 unspecified atom stereocenters. The number of hydrogen-bond donors (Lipinski definition) is 1. The average molecular weight is 302 g/mol. The molecule has 1 fully saturated rings. The Balaban J connectivity index is 2.25.